The molecule has 0 radical (unpaired) electrons. The largest absolute Gasteiger partial charge is 0.341 e. The molecule has 2 atom stereocenters. The summed E-state index contributed by atoms with van der Waals surface area (Å²) >= 11 is 0. The van der Waals surface area contributed by atoms with E-state index < -0.39 is 0 Å². The van der Waals surface area contributed by atoms with Crippen LogP contribution in [0.4, 0.5) is 0 Å². The second kappa shape index (κ2) is 6.25. The number of amides is 1. The van der Waals surface area contributed by atoms with E-state index in [9.17, 15) is 4.79 Å². The molecule has 1 N–H and O–H groups in total. The Morgan fingerprint density at radius 1 is 1.21 bits per heavy atom. The molecule has 0 bridgehead atoms. The van der Waals surface area contributed by atoms with Crippen molar-refractivity contribution in [2.75, 3.05) is 13.1 Å². The quantitative estimate of drug-likeness (QED) is 0.852. The molecule has 110 valence electrons. The Balaban J connectivity index is 1.82. The molecule has 2 rings (SSSR count). The number of carbonyl (C=O) groups excluding carboxylic acids is 1. The molecular weight excluding hydrogens is 236 g/mol. The van der Waals surface area contributed by atoms with Gasteiger partial charge in [0.25, 0.3) is 0 Å². The summed E-state index contributed by atoms with van der Waals surface area (Å²) in [6.45, 7) is 8.62. The van der Waals surface area contributed by atoms with Crippen LogP contribution in [0, 0.1) is 5.41 Å². The monoisotopic (exact) mass is 266 g/mol. The molecule has 1 heterocycles. The molecule has 1 amide bonds. The van der Waals surface area contributed by atoms with Crippen molar-refractivity contribution < 1.29 is 4.79 Å². The molecule has 0 aromatic heterocycles. The number of nitrogens with one attached hydrogen (secondary N) is 1. The molecule has 2 unspecified atom stereocenters. The highest BCUT2D eigenvalue weighted by atomic mass is 16.2. The van der Waals surface area contributed by atoms with E-state index in [-0.39, 0.29) is 6.04 Å². The van der Waals surface area contributed by atoms with Gasteiger partial charge in [0.1, 0.15) is 0 Å². The number of hydrogen-bond acceptors (Lipinski definition) is 2. The van der Waals surface area contributed by atoms with E-state index in [0.29, 0.717) is 17.4 Å². The van der Waals surface area contributed by atoms with Gasteiger partial charge in [-0.05, 0) is 44.4 Å². The van der Waals surface area contributed by atoms with E-state index in [4.69, 9.17) is 0 Å². The number of likely N-dealkylation sites (tertiary alicyclic amines) is 1. The highest BCUT2D eigenvalue weighted by Gasteiger charge is 2.33. The fourth-order valence-electron chi connectivity index (χ4n) is 3.57. The van der Waals surface area contributed by atoms with E-state index in [1.165, 1.54) is 44.9 Å². The first-order valence-corrected chi connectivity index (χ1v) is 8.03. The second-order valence-corrected chi connectivity index (χ2v) is 7.23. The number of rotatable bonds is 3. The van der Waals surface area contributed by atoms with Gasteiger partial charge in [-0.3, -0.25) is 4.79 Å². The number of hydrogen-bond donors (Lipinski definition) is 1. The fourth-order valence-corrected chi connectivity index (χ4v) is 3.57. The normalized spacial score (nSPS) is 29.0. The molecule has 1 saturated heterocycles. The van der Waals surface area contributed by atoms with Gasteiger partial charge in [0.2, 0.25) is 5.91 Å². The highest BCUT2D eigenvalue weighted by molar-refractivity contribution is 5.81. The second-order valence-electron chi connectivity index (χ2n) is 7.23. The maximum atomic E-state index is 12.5. The van der Waals surface area contributed by atoms with Gasteiger partial charge in [0.15, 0.2) is 0 Å². The average Bonchev–Trinajstić information content (AvgIpc) is 2.59. The third-order valence-electron chi connectivity index (χ3n) is 4.74. The van der Waals surface area contributed by atoms with Crippen molar-refractivity contribution in [2.45, 2.75) is 77.8 Å². The molecule has 3 nitrogen and oxygen atoms in total. The van der Waals surface area contributed by atoms with E-state index >= 15 is 0 Å². The molecule has 0 aromatic carbocycles. The number of carbonyl (C=O) groups is 1. The van der Waals surface area contributed by atoms with Crippen molar-refractivity contribution in [3.05, 3.63) is 0 Å². The lowest BCUT2D eigenvalue weighted by atomic mass is 9.92. The van der Waals surface area contributed by atoms with E-state index in [1.54, 1.807) is 0 Å². The summed E-state index contributed by atoms with van der Waals surface area (Å²) in [5, 5.41) is 3.56. The van der Waals surface area contributed by atoms with Crippen LogP contribution in [-0.4, -0.2) is 36.0 Å². The third-order valence-corrected chi connectivity index (χ3v) is 4.74. The topological polar surface area (TPSA) is 32.3 Å². The first-order valence-electron chi connectivity index (χ1n) is 8.03. The Hall–Kier alpha value is -0.570. The Labute approximate surface area is 118 Å². The SMILES string of the molecule is CC(NC1CCC(C)(C)C1)C(=O)N1CCCCCC1. The summed E-state index contributed by atoms with van der Waals surface area (Å²) in [5.74, 6) is 0.312. The molecular formula is C16H30N2O. The molecule has 3 heteroatoms. The smallest absolute Gasteiger partial charge is 0.239 e. The van der Waals surface area contributed by atoms with E-state index in [1.807, 2.05) is 6.92 Å². The average molecular weight is 266 g/mol. The molecule has 1 aliphatic carbocycles. The first-order chi connectivity index (χ1) is 8.98. The number of nitrogens with zero attached hydrogens (tertiary/aromatic N) is 1. The summed E-state index contributed by atoms with van der Waals surface area (Å²) in [6.07, 6.45) is 8.60. The highest BCUT2D eigenvalue weighted by Crippen LogP contribution is 2.37. The minimum absolute atomic E-state index is 0.0167. The van der Waals surface area contributed by atoms with Crippen molar-refractivity contribution >= 4 is 5.91 Å². The van der Waals surface area contributed by atoms with Gasteiger partial charge in [0, 0.05) is 19.1 Å². The standard InChI is InChI=1S/C16H30N2O/c1-13(17-14-8-9-16(2,3)12-14)15(19)18-10-6-4-5-7-11-18/h13-14,17H,4-12H2,1-3H3. The van der Waals surface area contributed by atoms with Crippen LogP contribution in [0.1, 0.15) is 65.7 Å². The van der Waals surface area contributed by atoms with Crippen LogP contribution in [0.25, 0.3) is 0 Å². The van der Waals surface area contributed by atoms with Crippen molar-refractivity contribution in [1.82, 2.24) is 10.2 Å². The Morgan fingerprint density at radius 3 is 2.37 bits per heavy atom. The van der Waals surface area contributed by atoms with Gasteiger partial charge in [-0.2, -0.15) is 0 Å². The van der Waals surface area contributed by atoms with Gasteiger partial charge in [-0.1, -0.05) is 26.7 Å². The van der Waals surface area contributed by atoms with Gasteiger partial charge >= 0.3 is 0 Å². The lowest BCUT2D eigenvalue weighted by Crippen LogP contribution is -2.48. The molecule has 2 fully saturated rings. The van der Waals surface area contributed by atoms with Crippen molar-refractivity contribution in [3.63, 3.8) is 0 Å². The predicted octanol–water partition coefficient (Wildman–Crippen LogP) is 2.95. The zero-order chi connectivity index (χ0) is 13.9. The van der Waals surface area contributed by atoms with Crippen LogP contribution in [0.3, 0.4) is 0 Å². The predicted molar refractivity (Wildman–Crippen MR) is 79.1 cm³/mol. The van der Waals surface area contributed by atoms with Crippen LogP contribution in [0.5, 0.6) is 0 Å². The lowest BCUT2D eigenvalue weighted by Gasteiger charge is -2.27. The maximum absolute atomic E-state index is 12.5. The van der Waals surface area contributed by atoms with Gasteiger partial charge in [-0.25, -0.2) is 0 Å². The zero-order valence-electron chi connectivity index (χ0n) is 12.9. The van der Waals surface area contributed by atoms with Gasteiger partial charge in [0.05, 0.1) is 6.04 Å². The van der Waals surface area contributed by atoms with Crippen molar-refractivity contribution in [3.8, 4) is 0 Å². The molecule has 19 heavy (non-hydrogen) atoms. The van der Waals surface area contributed by atoms with Gasteiger partial charge in [-0.15, -0.1) is 0 Å². The minimum Gasteiger partial charge on any atom is -0.341 e. The van der Waals surface area contributed by atoms with E-state index in [2.05, 4.69) is 24.1 Å². The third kappa shape index (κ3) is 4.20. The van der Waals surface area contributed by atoms with E-state index in [0.717, 1.165) is 13.1 Å². The summed E-state index contributed by atoms with van der Waals surface area (Å²) < 4.78 is 0. The fraction of sp³-hybridized carbons (Fsp3) is 0.938. The van der Waals surface area contributed by atoms with Crippen molar-refractivity contribution in [1.29, 1.82) is 0 Å². The minimum atomic E-state index is -0.0167. The summed E-state index contributed by atoms with van der Waals surface area (Å²) in [6, 6.07) is 0.512. The van der Waals surface area contributed by atoms with Crippen molar-refractivity contribution in [2.24, 2.45) is 5.41 Å². The van der Waals surface area contributed by atoms with Crippen LogP contribution in [-0.2, 0) is 4.79 Å². The van der Waals surface area contributed by atoms with Crippen LogP contribution >= 0.6 is 0 Å². The molecule has 2 aliphatic rings. The zero-order valence-corrected chi connectivity index (χ0v) is 12.9. The Morgan fingerprint density at radius 2 is 1.84 bits per heavy atom. The molecule has 0 spiro atoms. The summed E-state index contributed by atoms with van der Waals surface area (Å²) in [5.41, 5.74) is 0.447. The molecule has 1 aliphatic heterocycles. The molecule has 1 saturated carbocycles. The maximum Gasteiger partial charge on any atom is 0.239 e. The summed E-state index contributed by atoms with van der Waals surface area (Å²) in [7, 11) is 0. The Kier molecular flexibility index (Phi) is 4.88. The van der Waals surface area contributed by atoms with Crippen LogP contribution in [0.15, 0.2) is 0 Å². The van der Waals surface area contributed by atoms with Crippen LogP contribution in [0.2, 0.25) is 0 Å². The Bertz CT molecular complexity index is 306. The molecule has 0 aromatic rings. The first kappa shape index (κ1) is 14.8. The van der Waals surface area contributed by atoms with Crippen LogP contribution < -0.4 is 5.32 Å². The van der Waals surface area contributed by atoms with Gasteiger partial charge < -0.3 is 10.2 Å². The summed E-state index contributed by atoms with van der Waals surface area (Å²) in [4.78, 5) is 14.5. The lowest BCUT2D eigenvalue weighted by molar-refractivity contribution is -0.133.